The van der Waals surface area contributed by atoms with Crippen molar-refractivity contribution in [3.05, 3.63) is 12.2 Å². The Morgan fingerprint density at radius 2 is 2.00 bits per heavy atom. The second kappa shape index (κ2) is 4.58. The average Bonchev–Trinajstić information content (AvgIpc) is 2.49. The van der Waals surface area contributed by atoms with Crippen molar-refractivity contribution in [3.8, 4) is 0 Å². The summed E-state index contributed by atoms with van der Waals surface area (Å²) in [5.74, 6) is 0.148. The molecule has 1 amide bonds. The molecule has 0 aromatic carbocycles. The highest BCUT2D eigenvalue weighted by Crippen LogP contribution is 2.29. The van der Waals surface area contributed by atoms with Crippen LogP contribution in [0.25, 0.3) is 0 Å². The minimum Gasteiger partial charge on any atom is -0.335 e. The van der Waals surface area contributed by atoms with Crippen LogP contribution in [-0.4, -0.2) is 36.5 Å². The number of rotatable bonds is 5. The Kier molecular flexibility index (Phi) is 3.79. The molecule has 16 heavy (non-hydrogen) atoms. The third-order valence-electron chi connectivity index (χ3n) is 3.11. The first-order valence-corrected chi connectivity index (χ1v) is 5.90. The highest BCUT2D eigenvalue weighted by Gasteiger charge is 2.31. The summed E-state index contributed by atoms with van der Waals surface area (Å²) in [6.45, 7) is 10.4. The van der Waals surface area contributed by atoms with Gasteiger partial charge in [0.1, 0.15) is 0 Å². The first-order valence-electron chi connectivity index (χ1n) is 5.90. The first kappa shape index (κ1) is 13.2. The molecule has 0 aliphatic carbocycles. The number of amides is 1. The fourth-order valence-corrected chi connectivity index (χ4v) is 2.48. The van der Waals surface area contributed by atoms with Crippen LogP contribution < -0.4 is 5.32 Å². The van der Waals surface area contributed by atoms with Crippen LogP contribution in [0.2, 0.25) is 0 Å². The van der Waals surface area contributed by atoms with E-state index in [1.54, 1.807) is 6.08 Å². The van der Waals surface area contributed by atoms with Gasteiger partial charge in [0.25, 0.3) is 0 Å². The zero-order valence-corrected chi connectivity index (χ0v) is 11.1. The summed E-state index contributed by atoms with van der Waals surface area (Å²) >= 11 is 0. The van der Waals surface area contributed by atoms with Gasteiger partial charge in [0.05, 0.1) is 0 Å². The van der Waals surface area contributed by atoms with Gasteiger partial charge in [-0.1, -0.05) is 19.9 Å². The van der Waals surface area contributed by atoms with E-state index in [9.17, 15) is 4.79 Å². The quantitative estimate of drug-likeness (QED) is 0.772. The molecule has 1 aliphatic rings. The van der Waals surface area contributed by atoms with Crippen molar-refractivity contribution in [1.82, 2.24) is 10.2 Å². The van der Waals surface area contributed by atoms with Gasteiger partial charge in [-0.3, -0.25) is 4.79 Å². The van der Waals surface area contributed by atoms with Crippen LogP contribution in [-0.2, 0) is 4.79 Å². The van der Waals surface area contributed by atoms with Crippen LogP contribution >= 0.6 is 0 Å². The lowest BCUT2D eigenvalue weighted by Gasteiger charge is -2.37. The maximum Gasteiger partial charge on any atom is 0.246 e. The Bertz CT molecular complexity index is 292. The Hall–Kier alpha value is -0.830. The molecule has 0 aromatic heterocycles. The van der Waals surface area contributed by atoms with Crippen LogP contribution in [0.4, 0.5) is 0 Å². The van der Waals surface area contributed by atoms with Crippen LogP contribution in [0.3, 0.4) is 0 Å². The molecule has 0 radical (unpaired) electrons. The third kappa shape index (κ3) is 3.63. The second-order valence-corrected chi connectivity index (χ2v) is 6.10. The molecule has 3 nitrogen and oxygen atoms in total. The molecule has 0 atom stereocenters. The van der Waals surface area contributed by atoms with Crippen molar-refractivity contribution in [2.45, 2.75) is 39.7 Å². The van der Waals surface area contributed by atoms with E-state index < -0.39 is 0 Å². The molecule has 0 saturated carbocycles. The highest BCUT2D eigenvalue weighted by atomic mass is 16.2. The average molecular weight is 224 g/mol. The first-order chi connectivity index (χ1) is 7.26. The molecule has 0 aromatic rings. The molecule has 0 saturated heterocycles. The molecule has 3 heteroatoms. The van der Waals surface area contributed by atoms with Crippen LogP contribution in [0.1, 0.15) is 34.1 Å². The van der Waals surface area contributed by atoms with Gasteiger partial charge in [0.15, 0.2) is 0 Å². The van der Waals surface area contributed by atoms with Gasteiger partial charge in [-0.15, -0.1) is 0 Å². The van der Waals surface area contributed by atoms with Gasteiger partial charge >= 0.3 is 0 Å². The summed E-state index contributed by atoms with van der Waals surface area (Å²) in [4.78, 5) is 13.4. The Morgan fingerprint density at radius 1 is 1.38 bits per heavy atom. The van der Waals surface area contributed by atoms with E-state index in [2.05, 4.69) is 33.0 Å². The highest BCUT2D eigenvalue weighted by molar-refractivity contribution is 5.89. The monoisotopic (exact) mass is 224 g/mol. The largest absolute Gasteiger partial charge is 0.335 e. The fraction of sp³-hybridized carbons (Fsp3) is 0.769. The minimum absolute atomic E-state index is 0.111. The molecule has 1 rings (SSSR count). The van der Waals surface area contributed by atoms with Gasteiger partial charge in [-0.25, -0.2) is 0 Å². The summed E-state index contributed by atoms with van der Waals surface area (Å²) in [7, 11) is 1.98. The molecule has 92 valence electrons. The van der Waals surface area contributed by atoms with Gasteiger partial charge < -0.3 is 10.2 Å². The van der Waals surface area contributed by atoms with E-state index >= 15 is 0 Å². The maximum atomic E-state index is 11.5. The van der Waals surface area contributed by atoms with Gasteiger partial charge in [0.2, 0.25) is 5.91 Å². The summed E-state index contributed by atoms with van der Waals surface area (Å²) in [6, 6.07) is 0. The Morgan fingerprint density at radius 3 is 2.44 bits per heavy atom. The Labute approximate surface area is 98.9 Å². The van der Waals surface area contributed by atoms with Crippen LogP contribution in [0.5, 0.6) is 0 Å². The summed E-state index contributed by atoms with van der Waals surface area (Å²) in [5, 5.41) is 3.31. The van der Waals surface area contributed by atoms with Crippen molar-refractivity contribution >= 4 is 5.91 Å². The van der Waals surface area contributed by atoms with Gasteiger partial charge in [0, 0.05) is 24.7 Å². The topological polar surface area (TPSA) is 32.3 Å². The zero-order chi connectivity index (χ0) is 12.4. The van der Waals surface area contributed by atoms with Crippen molar-refractivity contribution in [2.24, 2.45) is 5.41 Å². The van der Waals surface area contributed by atoms with E-state index in [-0.39, 0.29) is 16.9 Å². The third-order valence-corrected chi connectivity index (χ3v) is 3.11. The SMILES string of the molecule is CNC(C)(C)CC(C)(C)CN1CC=CC1=O. The molecular formula is C13H24N2O. The number of nitrogens with zero attached hydrogens (tertiary/aromatic N) is 1. The van der Waals surface area contributed by atoms with Crippen molar-refractivity contribution in [2.75, 3.05) is 20.1 Å². The van der Waals surface area contributed by atoms with Crippen LogP contribution in [0, 0.1) is 5.41 Å². The number of carbonyl (C=O) groups excluding carboxylic acids is 1. The zero-order valence-electron chi connectivity index (χ0n) is 11.1. The van der Waals surface area contributed by atoms with Crippen molar-refractivity contribution in [1.29, 1.82) is 0 Å². The smallest absolute Gasteiger partial charge is 0.246 e. The van der Waals surface area contributed by atoms with Gasteiger partial charge in [-0.2, -0.15) is 0 Å². The molecule has 1 heterocycles. The minimum atomic E-state index is 0.111. The second-order valence-electron chi connectivity index (χ2n) is 6.10. The fourth-order valence-electron chi connectivity index (χ4n) is 2.48. The molecule has 0 bridgehead atoms. The normalized spacial score (nSPS) is 17.3. The molecule has 1 N–H and O–H groups in total. The predicted octanol–water partition coefficient (Wildman–Crippen LogP) is 1.80. The van der Waals surface area contributed by atoms with Gasteiger partial charge in [-0.05, 0) is 32.7 Å². The van der Waals surface area contributed by atoms with Crippen molar-refractivity contribution < 1.29 is 4.79 Å². The van der Waals surface area contributed by atoms with E-state index in [1.807, 2.05) is 18.0 Å². The molecular weight excluding hydrogens is 200 g/mol. The number of hydrogen-bond donors (Lipinski definition) is 1. The number of hydrogen-bond acceptors (Lipinski definition) is 2. The predicted molar refractivity (Wildman–Crippen MR) is 67.3 cm³/mol. The Balaban J connectivity index is 2.54. The lowest BCUT2D eigenvalue weighted by molar-refractivity contribution is -0.125. The summed E-state index contributed by atoms with van der Waals surface area (Å²) < 4.78 is 0. The van der Waals surface area contributed by atoms with E-state index in [0.717, 1.165) is 19.5 Å². The molecule has 0 spiro atoms. The molecule has 0 unspecified atom stereocenters. The van der Waals surface area contributed by atoms with E-state index in [1.165, 1.54) is 0 Å². The van der Waals surface area contributed by atoms with E-state index in [0.29, 0.717) is 0 Å². The van der Waals surface area contributed by atoms with E-state index in [4.69, 9.17) is 0 Å². The lowest BCUT2D eigenvalue weighted by Crippen LogP contribution is -2.44. The maximum absolute atomic E-state index is 11.5. The molecule has 1 aliphatic heterocycles. The summed E-state index contributed by atoms with van der Waals surface area (Å²) in [5.41, 5.74) is 0.244. The number of nitrogens with one attached hydrogen (secondary N) is 1. The standard InChI is InChI=1S/C13H24N2O/c1-12(2,9-13(3,4)14-5)10-15-8-6-7-11(15)16/h6-7,14H,8-10H2,1-5H3. The lowest BCUT2D eigenvalue weighted by atomic mass is 9.79. The van der Waals surface area contributed by atoms with Crippen molar-refractivity contribution in [3.63, 3.8) is 0 Å². The molecule has 0 fully saturated rings. The summed E-state index contributed by atoms with van der Waals surface area (Å²) in [6.07, 6.45) is 4.64. The van der Waals surface area contributed by atoms with Crippen LogP contribution in [0.15, 0.2) is 12.2 Å². The number of carbonyl (C=O) groups is 1.